The standard InChI is InChI=1S/C19H27N/c1-13-4-3-5-14(2)18(13)12-20-19-9-15-6-16(10-19)8-17(7-15)11-19/h3-5,15-17,20H,6-12H2,1-2H3. The minimum atomic E-state index is 0.490. The van der Waals surface area contributed by atoms with Crippen molar-refractivity contribution in [2.75, 3.05) is 0 Å². The fraction of sp³-hybridized carbons (Fsp3) is 0.684. The summed E-state index contributed by atoms with van der Waals surface area (Å²) in [5.41, 5.74) is 4.91. The first-order chi connectivity index (χ1) is 9.63. The second kappa shape index (κ2) is 4.59. The average molecular weight is 269 g/mol. The van der Waals surface area contributed by atoms with Crippen LogP contribution in [0.5, 0.6) is 0 Å². The molecule has 4 bridgehead atoms. The summed E-state index contributed by atoms with van der Waals surface area (Å²) in [5, 5.41) is 4.03. The van der Waals surface area contributed by atoms with Crippen molar-refractivity contribution in [1.29, 1.82) is 0 Å². The van der Waals surface area contributed by atoms with Gasteiger partial charge < -0.3 is 5.32 Å². The first-order valence-electron chi connectivity index (χ1n) is 8.44. The predicted octanol–water partition coefficient (Wildman–Crippen LogP) is 4.36. The van der Waals surface area contributed by atoms with Crippen molar-refractivity contribution >= 4 is 0 Å². The average Bonchev–Trinajstić information content (AvgIpc) is 2.36. The van der Waals surface area contributed by atoms with Gasteiger partial charge in [0.25, 0.3) is 0 Å². The van der Waals surface area contributed by atoms with E-state index in [1.54, 1.807) is 0 Å². The second-order valence-corrected chi connectivity index (χ2v) is 7.92. The normalized spacial score (nSPS) is 38.4. The van der Waals surface area contributed by atoms with E-state index in [-0.39, 0.29) is 0 Å². The molecule has 1 nitrogen and oxygen atoms in total. The van der Waals surface area contributed by atoms with E-state index in [1.165, 1.54) is 55.2 Å². The van der Waals surface area contributed by atoms with Gasteiger partial charge in [-0.2, -0.15) is 0 Å². The van der Waals surface area contributed by atoms with Gasteiger partial charge in [0.1, 0.15) is 0 Å². The Balaban J connectivity index is 1.52. The third-order valence-electron chi connectivity index (χ3n) is 6.32. The zero-order chi connectivity index (χ0) is 13.7. The predicted molar refractivity (Wildman–Crippen MR) is 83.7 cm³/mol. The van der Waals surface area contributed by atoms with E-state index in [4.69, 9.17) is 0 Å². The Labute approximate surface area is 123 Å². The van der Waals surface area contributed by atoms with Crippen LogP contribution in [-0.2, 0) is 6.54 Å². The highest BCUT2D eigenvalue weighted by atomic mass is 15.0. The van der Waals surface area contributed by atoms with Crippen molar-refractivity contribution in [2.24, 2.45) is 17.8 Å². The van der Waals surface area contributed by atoms with Gasteiger partial charge in [0.05, 0.1) is 0 Å². The Morgan fingerprint density at radius 3 is 1.95 bits per heavy atom. The lowest BCUT2D eigenvalue weighted by atomic mass is 9.53. The Hall–Kier alpha value is -0.820. The van der Waals surface area contributed by atoms with Crippen LogP contribution in [0.1, 0.15) is 55.2 Å². The summed E-state index contributed by atoms with van der Waals surface area (Å²) in [5.74, 6) is 3.10. The maximum Gasteiger partial charge on any atom is 0.0215 e. The Morgan fingerprint density at radius 1 is 0.950 bits per heavy atom. The van der Waals surface area contributed by atoms with Crippen molar-refractivity contribution in [3.63, 3.8) is 0 Å². The zero-order valence-corrected chi connectivity index (χ0v) is 12.9. The molecule has 0 atom stereocenters. The van der Waals surface area contributed by atoms with Crippen LogP contribution in [0.4, 0.5) is 0 Å². The number of aryl methyl sites for hydroxylation is 2. The lowest BCUT2D eigenvalue weighted by molar-refractivity contribution is -0.0206. The number of hydrogen-bond acceptors (Lipinski definition) is 1. The lowest BCUT2D eigenvalue weighted by Gasteiger charge is -2.57. The smallest absolute Gasteiger partial charge is 0.0215 e. The summed E-state index contributed by atoms with van der Waals surface area (Å²) < 4.78 is 0. The maximum atomic E-state index is 4.03. The highest BCUT2D eigenvalue weighted by molar-refractivity contribution is 5.33. The fourth-order valence-electron chi connectivity index (χ4n) is 5.73. The van der Waals surface area contributed by atoms with Crippen LogP contribution in [0.15, 0.2) is 18.2 Å². The topological polar surface area (TPSA) is 12.0 Å². The van der Waals surface area contributed by atoms with E-state index >= 15 is 0 Å². The van der Waals surface area contributed by atoms with Gasteiger partial charge in [-0.3, -0.25) is 0 Å². The summed E-state index contributed by atoms with van der Waals surface area (Å²) in [7, 11) is 0. The van der Waals surface area contributed by atoms with Gasteiger partial charge in [0.15, 0.2) is 0 Å². The molecule has 4 fully saturated rings. The molecule has 0 heterocycles. The lowest BCUT2D eigenvalue weighted by Crippen LogP contribution is -2.58. The zero-order valence-electron chi connectivity index (χ0n) is 12.9. The van der Waals surface area contributed by atoms with E-state index in [2.05, 4.69) is 37.4 Å². The van der Waals surface area contributed by atoms with Gasteiger partial charge in [-0.1, -0.05) is 18.2 Å². The molecule has 0 radical (unpaired) electrons. The fourth-order valence-corrected chi connectivity index (χ4v) is 5.73. The van der Waals surface area contributed by atoms with Gasteiger partial charge in [-0.15, -0.1) is 0 Å². The molecule has 0 amide bonds. The van der Waals surface area contributed by atoms with E-state index in [1.807, 2.05) is 0 Å². The van der Waals surface area contributed by atoms with Crippen LogP contribution < -0.4 is 5.32 Å². The van der Waals surface area contributed by atoms with Crippen LogP contribution >= 0.6 is 0 Å². The van der Waals surface area contributed by atoms with Gasteiger partial charge in [0, 0.05) is 12.1 Å². The molecule has 1 N–H and O–H groups in total. The molecule has 1 aromatic rings. The molecular formula is C19H27N. The van der Waals surface area contributed by atoms with Gasteiger partial charge in [-0.05, 0) is 86.8 Å². The molecule has 4 aliphatic carbocycles. The molecule has 4 saturated carbocycles. The second-order valence-electron chi connectivity index (χ2n) is 7.92. The molecule has 0 aromatic heterocycles. The van der Waals surface area contributed by atoms with Crippen LogP contribution in [0.3, 0.4) is 0 Å². The SMILES string of the molecule is Cc1cccc(C)c1CNC12CC3CC(CC(C3)C1)C2. The first-order valence-corrected chi connectivity index (χ1v) is 8.44. The highest BCUT2D eigenvalue weighted by Gasteiger charge is 2.50. The van der Waals surface area contributed by atoms with Crippen molar-refractivity contribution in [3.8, 4) is 0 Å². The molecule has 0 spiro atoms. The summed E-state index contributed by atoms with van der Waals surface area (Å²) in [4.78, 5) is 0. The number of nitrogens with one attached hydrogen (secondary N) is 1. The van der Waals surface area contributed by atoms with Crippen LogP contribution in [0.2, 0.25) is 0 Å². The highest BCUT2D eigenvalue weighted by Crippen LogP contribution is 2.55. The summed E-state index contributed by atoms with van der Waals surface area (Å²) in [6.07, 6.45) is 8.94. The number of benzene rings is 1. The third kappa shape index (κ3) is 2.11. The molecule has 0 aliphatic heterocycles. The van der Waals surface area contributed by atoms with Crippen molar-refractivity contribution in [2.45, 2.75) is 64.5 Å². The summed E-state index contributed by atoms with van der Waals surface area (Å²) >= 11 is 0. The van der Waals surface area contributed by atoms with Gasteiger partial charge >= 0.3 is 0 Å². The maximum absolute atomic E-state index is 4.03. The van der Waals surface area contributed by atoms with Crippen LogP contribution in [-0.4, -0.2) is 5.54 Å². The Kier molecular flexibility index (Phi) is 2.96. The van der Waals surface area contributed by atoms with Crippen molar-refractivity contribution in [1.82, 2.24) is 5.32 Å². The first kappa shape index (κ1) is 12.9. The summed E-state index contributed by atoms with van der Waals surface area (Å²) in [6, 6.07) is 6.69. The molecule has 0 unspecified atom stereocenters. The van der Waals surface area contributed by atoms with E-state index in [0.29, 0.717) is 5.54 Å². The van der Waals surface area contributed by atoms with Gasteiger partial charge in [0.2, 0.25) is 0 Å². The Morgan fingerprint density at radius 2 is 1.45 bits per heavy atom. The molecule has 0 saturated heterocycles. The Bertz CT molecular complexity index is 461. The number of rotatable bonds is 3. The summed E-state index contributed by atoms with van der Waals surface area (Å²) in [6.45, 7) is 5.58. The minimum absolute atomic E-state index is 0.490. The molecule has 20 heavy (non-hydrogen) atoms. The minimum Gasteiger partial charge on any atom is -0.307 e. The largest absolute Gasteiger partial charge is 0.307 e. The van der Waals surface area contributed by atoms with E-state index < -0.39 is 0 Å². The van der Waals surface area contributed by atoms with E-state index in [9.17, 15) is 0 Å². The quantitative estimate of drug-likeness (QED) is 0.859. The third-order valence-corrected chi connectivity index (χ3v) is 6.32. The van der Waals surface area contributed by atoms with Crippen molar-refractivity contribution < 1.29 is 0 Å². The molecular weight excluding hydrogens is 242 g/mol. The van der Waals surface area contributed by atoms with Crippen LogP contribution in [0.25, 0.3) is 0 Å². The van der Waals surface area contributed by atoms with Gasteiger partial charge in [-0.25, -0.2) is 0 Å². The molecule has 1 heteroatoms. The monoisotopic (exact) mass is 269 g/mol. The van der Waals surface area contributed by atoms with Crippen LogP contribution in [0, 0.1) is 31.6 Å². The molecule has 5 rings (SSSR count). The van der Waals surface area contributed by atoms with Crippen molar-refractivity contribution in [3.05, 3.63) is 34.9 Å². The molecule has 4 aliphatic rings. The molecule has 108 valence electrons. The van der Waals surface area contributed by atoms with E-state index in [0.717, 1.165) is 24.3 Å². The molecule has 1 aromatic carbocycles. The number of hydrogen-bond donors (Lipinski definition) is 1.